The summed E-state index contributed by atoms with van der Waals surface area (Å²) in [5.74, 6) is -1.39. The molecule has 0 radical (unpaired) electrons. The topological polar surface area (TPSA) is 40.5 Å². The number of piperidine rings is 1. The number of alkyl halides is 9. The van der Waals surface area contributed by atoms with E-state index in [0.29, 0.717) is 17.5 Å². The van der Waals surface area contributed by atoms with Crippen LogP contribution in [0.3, 0.4) is 0 Å². The van der Waals surface area contributed by atoms with Crippen LogP contribution in [-0.2, 0) is 23.6 Å². The van der Waals surface area contributed by atoms with Crippen LogP contribution < -0.4 is 0 Å². The second-order valence-corrected chi connectivity index (χ2v) is 9.91. The van der Waals surface area contributed by atoms with Crippen molar-refractivity contribution in [3.8, 4) is 0 Å². The quantitative estimate of drug-likeness (QED) is 0.309. The number of likely N-dealkylation sites (tertiary alicyclic amines) is 1. The molecule has 0 aliphatic carbocycles. The van der Waals surface area contributed by atoms with Crippen molar-refractivity contribution < 1.29 is 49.4 Å². The number of carboxylic acids is 1. The van der Waals surface area contributed by atoms with E-state index in [0.717, 1.165) is 24.3 Å². The molecule has 0 bridgehead atoms. The van der Waals surface area contributed by atoms with Gasteiger partial charge in [0.1, 0.15) is 0 Å². The lowest BCUT2D eigenvalue weighted by atomic mass is 9.83. The van der Waals surface area contributed by atoms with Gasteiger partial charge in [0.25, 0.3) is 0 Å². The lowest BCUT2D eigenvalue weighted by Crippen LogP contribution is -2.44. The molecule has 2 aromatic rings. The predicted molar refractivity (Wildman–Crippen MR) is 125 cm³/mol. The molecule has 216 valence electrons. The number of rotatable bonds is 9. The zero-order valence-corrected chi connectivity index (χ0v) is 20.7. The van der Waals surface area contributed by atoms with Gasteiger partial charge in [-0.1, -0.05) is 30.3 Å². The van der Waals surface area contributed by atoms with Crippen LogP contribution in [0.4, 0.5) is 39.5 Å². The first kappa shape index (κ1) is 30.8. The summed E-state index contributed by atoms with van der Waals surface area (Å²) >= 11 is 0. The highest BCUT2D eigenvalue weighted by Gasteiger charge is 2.38. The fourth-order valence-electron chi connectivity index (χ4n) is 5.19. The summed E-state index contributed by atoms with van der Waals surface area (Å²) in [4.78, 5) is 13.1. The minimum atomic E-state index is -4.59. The van der Waals surface area contributed by atoms with E-state index in [4.69, 9.17) is 0 Å². The van der Waals surface area contributed by atoms with Crippen LogP contribution in [-0.4, -0.2) is 34.7 Å². The average molecular weight is 570 g/mol. The van der Waals surface area contributed by atoms with Crippen molar-refractivity contribution in [3.63, 3.8) is 0 Å². The van der Waals surface area contributed by atoms with E-state index < -0.39 is 54.1 Å². The summed E-state index contributed by atoms with van der Waals surface area (Å²) in [7, 11) is 0. The first-order valence-corrected chi connectivity index (χ1v) is 12.4. The molecule has 0 spiro atoms. The predicted octanol–water partition coefficient (Wildman–Crippen LogP) is 8.30. The van der Waals surface area contributed by atoms with Crippen LogP contribution in [0, 0.1) is 5.92 Å². The van der Waals surface area contributed by atoms with Gasteiger partial charge in [-0.25, -0.2) is 0 Å². The third-order valence-corrected chi connectivity index (χ3v) is 7.09. The van der Waals surface area contributed by atoms with Crippen molar-refractivity contribution in [1.29, 1.82) is 0 Å². The Labute approximate surface area is 219 Å². The maximum absolute atomic E-state index is 13.2. The molecule has 1 saturated heterocycles. The summed E-state index contributed by atoms with van der Waals surface area (Å²) in [6, 6.07) is 7.39. The minimum absolute atomic E-state index is 0.0568. The lowest BCUT2D eigenvalue weighted by molar-refractivity contribution is -0.141. The molecule has 0 saturated carbocycles. The number of benzene rings is 2. The van der Waals surface area contributed by atoms with Gasteiger partial charge in [-0.3, -0.25) is 9.69 Å². The number of halogens is 9. The molecule has 12 heteroatoms. The highest BCUT2D eigenvalue weighted by Crippen LogP contribution is 2.41. The first-order chi connectivity index (χ1) is 18.0. The smallest absolute Gasteiger partial charge is 0.416 e. The summed E-state index contributed by atoms with van der Waals surface area (Å²) in [5.41, 5.74) is -1.05. The Balaban J connectivity index is 1.90. The van der Waals surface area contributed by atoms with Gasteiger partial charge < -0.3 is 5.11 Å². The number of carboxylic acid groups (broad SMARTS) is 1. The zero-order chi connectivity index (χ0) is 29.0. The second-order valence-electron chi connectivity index (χ2n) is 9.91. The number of aliphatic carboxylic acids is 1. The van der Waals surface area contributed by atoms with Crippen LogP contribution in [0.5, 0.6) is 0 Å². The molecule has 3 nitrogen and oxygen atoms in total. The number of nitrogens with zero attached hydrogens (tertiary/aromatic N) is 1. The van der Waals surface area contributed by atoms with E-state index in [9.17, 15) is 49.4 Å². The lowest BCUT2D eigenvalue weighted by Gasteiger charge is -2.44. The van der Waals surface area contributed by atoms with Crippen molar-refractivity contribution >= 4 is 5.97 Å². The molecule has 39 heavy (non-hydrogen) atoms. The summed E-state index contributed by atoms with van der Waals surface area (Å²) in [6.45, 7) is 0.203. The maximum atomic E-state index is 13.2. The SMILES string of the molecule is O=C(O)C[C@@H]1CCN([C@H](CCc2cccc(C(F)(F)F)c2)CCC(F)(F)F)[C@H](c2ccc(C(F)(F)F)cc2)C1. The van der Waals surface area contributed by atoms with Crippen molar-refractivity contribution in [3.05, 3.63) is 70.8 Å². The van der Waals surface area contributed by atoms with E-state index in [1.54, 1.807) is 4.90 Å². The second kappa shape index (κ2) is 12.2. The van der Waals surface area contributed by atoms with Crippen LogP contribution >= 0.6 is 0 Å². The highest BCUT2D eigenvalue weighted by atomic mass is 19.4. The fourth-order valence-corrected chi connectivity index (χ4v) is 5.19. The van der Waals surface area contributed by atoms with E-state index in [-0.39, 0.29) is 44.6 Å². The molecule has 0 unspecified atom stereocenters. The Morgan fingerprint density at radius 1 is 0.897 bits per heavy atom. The van der Waals surface area contributed by atoms with Gasteiger partial charge in [-0.2, -0.15) is 39.5 Å². The van der Waals surface area contributed by atoms with Crippen molar-refractivity contribution in [2.75, 3.05) is 6.54 Å². The van der Waals surface area contributed by atoms with Gasteiger partial charge in [0.05, 0.1) is 11.1 Å². The minimum Gasteiger partial charge on any atom is -0.481 e. The first-order valence-electron chi connectivity index (χ1n) is 12.4. The molecule has 0 amide bonds. The van der Waals surface area contributed by atoms with Gasteiger partial charge >= 0.3 is 24.5 Å². The Kier molecular flexibility index (Phi) is 9.61. The number of carbonyl (C=O) groups is 1. The third-order valence-electron chi connectivity index (χ3n) is 7.09. The Hall–Kier alpha value is -2.76. The molecule has 2 aromatic carbocycles. The highest BCUT2D eigenvalue weighted by molar-refractivity contribution is 5.67. The van der Waals surface area contributed by atoms with Gasteiger partial charge in [0.2, 0.25) is 0 Å². The van der Waals surface area contributed by atoms with Crippen LogP contribution in [0.25, 0.3) is 0 Å². The third kappa shape index (κ3) is 9.15. The molecule has 1 aliphatic rings. The fraction of sp³-hybridized carbons (Fsp3) is 0.519. The van der Waals surface area contributed by atoms with Crippen LogP contribution in [0.1, 0.15) is 66.8 Å². The number of hydrogen-bond donors (Lipinski definition) is 1. The molecule has 1 heterocycles. The average Bonchev–Trinajstić information content (AvgIpc) is 2.82. The van der Waals surface area contributed by atoms with Gasteiger partial charge in [-0.15, -0.1) is 0 Å². The number of aryl methyl sites for hydroxylation is 1. The van der Waals surface area contributed by atoms with Crippen molar-refractivity contribution in [1.82, 2.24) is 4.90 Å². The zero-order valence-electron chi connectivity index (χ0n) is 20.7. The van der Waals surface area contributed by atoms with Crippen LogP contribution in [0.15, 0.2) is 48.5 Å². The summed E-state index contributed by atoms with van der Waals surface area (Å²) in [5, 5.41) is 9.24. The molecule has 1 N–H and O–H groups in total. The van der Waals surface area contributed by atoms with Gasteiger partial charge in [0.15, 0.2) is 0 Å². The standard InChI is InChI=1S/C27H28F9NO2/c28-25(29,30)12-10-22(9-4-17-2-1-3-21(14-17)27(34,35)36)37-13-11-18(16-24(38)39)15-23(37)19-5-7-20(8-6-19)26(31,32)33/h1-3,5-8,14,18,22-23H,4,9-13,15-16H2,(H,38,39)/t18-,22-,23+/m1/s1. The van der Waals surface area contributed by atoms with Crippen molar-refractivity contribution in [2.24, 2.45) is 5.92 Å². The normalized spacial score (nSPS) is 20.1. The van der Waals surface area contributed by atoms with Crippen molar-refractivity contribution in [2.45, 2.75) is 75.6 Å². The molecule has 3 rings (SSSR count). The molecule has 1 fully saturated rings. The summed E-state index contributed by atoms with van der Waals surface area (Å²) < 4.78 is 118. The molecular weight excluding hydrogens is 541 g/mol. The maximum Gasteiger partial charge on any atom is 0.416 e. The Morgan fingerprint density at radius 3 is 2.10 bits per heavy atom. The largest absolute Gasteiger partial charge is 0.481 e. The van der Waals surface area contributed by atoms with E-state index >= 15 is 0 Å². The van der Waals surface area contributed by atoms with Gasteiger partial charge in [-0.05, 0) is 73.9 Å². The van der Waals surface area contributed by atoms with Crippen LogP contribution in [0.2, 0.25) is 0 Å². The Bertz CT molecular complexity index is 1090. The molecule has 1 aliphatic heterocycles. The van der Waals surface area contributed by atoms with E-state index in [2.05, 4.69) is 0 Å². The van der Waals surface area contributed by atoms with E-state index in [1.165, 1.54) is 24.3 Å². The Morgan fingerprint density at radius 2 is 1.54 bits per heavy atom. The van der Waals surface area contributed by atoms with E-state index in [1.807, 2.05) is 0 Å². The molecular formula is C27H28F9NO2. The molecule has 0 aromatic heterocycles. The number of hydrogen-bond acceptors (Lipinski definition) is 2. The monoisotopic (exact) mass is 569 g/mol. The summed E-state index contributed by atoms with van der Waals surface area (Å²) in [6.07, 6.45) is -14.6. The molecule has 3 atom stereocenters. The van der Waals surface area contributed by atoms with Gasteiger partial charge in [0, 0.05) is 24.9 Å².